The highest BCUT2D eigenvalue weighted by Gasteiger charge is 2.51. The summed E-state index contributed by atoms with van der Waals surface area (Å²) in [4.78, 5) is 4.52. The van der Waals surface area contributed by atoms with Crippen LogP contribution >= 0.6 is 0 Å². The van der Waals surface area contributed by atoms with Gasteiger partial charge in [-0.2, -0.15) is 0 Å². The van der Waals surface area contributed by atoms with Crippen LogP contribution in [0.5, 0.6) is 0 Å². The van der Waals surface area contributed by atoms with Gasteiger partial charge in [0.05, 0.1) is 11.2 Å². The van der Waals surface area contributed by atoms with Crippen molar-refractivity contribution in [1.82, 2.24) is 9.55 Å². The second-order valence-corrected chi connectivity index (χ2v) is 15.4. The minimum absolute atomic E-state index is 0.333. The van der Waals surface area contributed by atoms with Gasteiger partial charge in [-0.25, -0.2) is 4.98 Å². The number of imidazole rings is 1. The molecule has 3 rings (SSSR count). The van der Waals surface area contributed by atoms with Crippen LogP contribution < -0.4 is 5.46 Å². The van der Waals surface area contributed by atoms with E-state index >= 15 is 0 Å². The lowest BCUT2D eigenvalue weighted by molar-refractivity contribution is 0.00578. The second-order valence-electron chi connectivity index (χ2n) is 9.78. The maximum absolute atomic E-state index is 6.14. The molecule has 0 atom stereocenters. The van der Waals surface area contributed by atoms with Gasteiger partial charge in [-0.1, -0.05) is 43.9 Å². The van der Waals surface area contributed by atoms with E-state index in [9.17, 15) is 0 Å². The Morgan fingerprint density at radius 3 is 2.21 bits per heavy atom. The fourth-order valence-electron chi connectivity index (χ4n) is 2.98. The van der Waals surface area contributed by atoms with Crippen LogP contribution in [0.4, 0.5) is 0 Å². The molecule has 1 fully saturated rings. The number of ether oxygens (including phenoxy) is 1. The predicted molar refractivity (Wildman–Crippen MR) is 117 cm³/mol. The maximum Gasteiger partial charge on any atom is 0.494 e. The van der Waals surface area contributed by atoms with Crippen molar-refractivity contribution in [3.63, 3.8) is 0 Å². The van der Waals surface area contributed by atoms with Gasteiger partial charge in [0.15, 0.2) is 0 Å². The van der Waals surface area contributed by atoms with Crippen LogP contribution in [0.1, 0.15) is 27.7 Å². The van der Waals surface area contributed by atoms with E-state index in [1.807, 2.05) is 17.0 Å². The SMILES string of the molecule is CC1(C)OB(c2ccc(-c3nccn3COCC[Si](C)(C)C)cc2)OC1(C)C. The Bertz CT molecular complexity index is 781. The third-order valence-electron chi connectivity index (χ3n) is 5.64. The van der Waals surface area contributed by atoms with Crippen LogP contribution in [-0.2, 0) is 20.8 Å². The van der Waals surface area contributed by atoms with Gasteiger partial charge in [0.25, 0.3) is 0 Å². The van der Waals surface area contributed by atoms with E-state index in [1.54, 1.807) is 0 Å². The average molecular weight is 400 g/mol. The maximum atomic E-state index is 6.14. The fraction of sp³-hybridized carbons (Fsp3) is 0.571. The normalized spacial score (nSPS) is 18.6. The first-order valence-corrected chi connectivity index (χ1v) is 13.7. The topological polar surface area (TPSA) is 45.5 Å². The Kier molecular flexibility index (Phi) is 5.92. The summed E-state index contributed by atoms with van der Waals surface area (Å²) in [5, 5.41) is 0. The zero-order chi connectivity index (χ0) is 20.6. The molecular formula is C21H33BN2O3Si. The van der Waals surface area contributed by atoms with E-state index in [1.165, 1.54) is 6.04 Å². The van der Waals surface area contributed by atoms with Crippen LogP contribution in [0.25, 0.3) is 11.4 Å². The van der Waals surface area contributed by atoms with Gasteiger partial charge in [-0.05, 0) is 39.2 Å². The summed E-state index contributed by atoms with van der Waals surface area (Å²) in [5.41, 5.74) is 1.41. The fourth-order valence-corrected chi connectivity index (χ4v) is 3.74. The Morgan fingerprint density at radius 2 is 1.64 bits per heavy atom. The summed E-state index contributed by atoms with van der Waals surface area (Å²) >= 11 is 0. The summed E-state index contributed by atoms with van der Waals surface area (Å²) in [7, 11) is -1.41. The quantitative estimate of drug-likeness (QED) is 0.517. The third kappa shape index (κ3) is 4.77. The zero-order valence-electron chi connectivity index (χ0n) is 18.3. The Morgan fingerprint density at radius 1 is 1.04 bits per heavy atom. The van der Waals surface area contributed by atoms with Crippen molar-refractivity contribution in [1.29, 1.82) is 0 Å². The Hall–Kier alpha value is -1.41. The first-order valence-electron chi connectivity index (χ1n) is 10.0. The molecule has 7 heteroatoms. The number of nitrogens with zero attached hydrogens (tertiary/aromatic N) is 2. The Labute approximate surface area is 170 Å². The molecule has 28 heavy (non-hydrogen) atoms. The van der Waals surface area contributed by atoms with E-state index in [4.69, 9.17) is 14.0 Å². The first-order chi connectivity index (χ1) is 13.0. The lowest BCUT2D eigenvalue weighted by atomic mass is 9.79. The van der Waals surface area contributed by atoms with E-state index in [-0.39, 0.29) is 18.3 Å². The molecule has 0 spiro atoms. The molecule has 0 unspecified atom stereocenters. The summed E-state index contributed by atoms with van der Waals surface area (Å²) in [6.07, 6.45) is 3.78. The van der Waals surface area contributed by atoms with Gasteiger partial charge in [0, 0.05) is 32.6 Å². The number of benzene rings is 1. The molecule has 0 N–H and O–H groups in total. The van der Waals surface area contributed by atoms with Crippen molar-refractivity contribution in [3.8, 4) is 11.4 Å². The molecule has 0 radical (unpaired) electrons. The average Bonchev–Trinajstić information content (AvgIpc) is 3.13. The molecule has 0 amide bonds. The molecule has 0 bridgehead atoms. The number of rotatable bonds is 7. The van der Waals surface area contributed by atoms with E-state index in [0.717, 1.165) is 23.5 Å². The molecule has 152 valence electrons. The zero-order valence-corrected chi connectivity index (χ0v) is 19.3. The van der Waals surface area contributed by atoms with Crippen LogP contribution in [0.2, 0.25) is 25.7 Å². The molecule has 2 heterocycles. The summed E-state index contributed by atoms with van der Waals surface area (Å²) in [6, 6.07) is 9.42. The van der Waals surface area contributed by atoms with Crippen LogP contribution in [-0.4, -0.2) is 42.6 Å². The van der Waals surface area contributed by atoms with Gasteiger partial charge >= 0.3 is 7.12 Å². The van der Waals surface area contributed by atoms with Crippen molar-refractivity contribution < 1.29 is 14.0 Å². The predicted octanol–water partition coefficient (Wildman–Crippen LogP) is 4.16. The minimum Gasteiger partial charge on any atom is -0.399 e. The lowest BCUT2D eigenvalue weighted by Crippen LogP contribution is -2.41. The standard InChI is InChI=1S/C21H33BN2O3Si/c1-20(2)21(3,4)27-22(26-20)18-10-8-17(9-11-18)19-23-12-13-24(19)16-25-14-15-28(5,6)7/h8-13H,14-16H2,1-7H3. The highest BCUT2D eigenvalue weighted by Crippen LogP contribution is 2.36. The van der Waals surface area contributed by atoms with E-state index in [2.05, 4.69) is 76.6 Å². The van der Waals surface area contributed by atoms with Crippen LogP contribution in [0.15, 0.2) is 36.7 Å². The smallest absolute Gasteiger partial charge is 0.399 e. The van der Waals surface area contributed by atoms with Crippen molar-refractivity contribution >= 4 is 20.7 Å². The summed E-state index contributed by atoms with van der Waals surface area (Å²) in [6.45, 7) is 16.7. The highest BCUT2D eigenvalue weighted by molar-refractivity contribution is 6.76. The van der Waals surface area contributed by atoms with Crippen LogP contribution in [0.3, 0.4) is 0 Å². The second kappa shape index (κ2) is 7.78. The van der Waals surface area contributed by atoms with Crippen molar-refractivity contribution in [2.75, 3.05) is 6.61 Å². The molecule has 0 aliphatic carbocycles. The van der Waals surface area contributed by atoms with Gasteiger partial charge in [0.2, 0.25) is 0 Å². The lowest BCUT2D eigenvalue weighted by Gasteiger charge is -2.32. The number of hydrogen-bond donors (Lipinski definition) is 0. The third-order valence-corrected chi connectivity index (χ3v) is 7.34. The Balaban J connectivity index is 1.66. The van der Waals surface area contributed by atoms with Crippen molar-refractivity contribution in [3.05, 3.63) is 36.7 Å². The molecular weight excluding hydrogens is 367 g/mol. The molecule has 1 aliphatic rings. The van der Waals surface area contributed by atoms with E-state index < -0.39 is 8.07 Å². The van der Waals surface area contributed by atoms with Crippen LogP contribution in [0, 0.1) is 0 Å². The van der Waals surface area contributed by atoms with Crippen molar-refractivity contribution in [2.45, 2.75) is 71.3 Å². The van der Waals surface area contributed by atoms with Gasteiger partial charge in [-0.15, -0.1) is 0 Å². The molecule has 1 aromatic heterocycles. The molecule has 0 saturated carbocycles. The van der Waals surface area contributed by atoms with Gasteiger partial charge in [0.1, 0.15) is 12.6 Å². The van der Waals surface area contributed by atoms with Crippen molar-refractivity contribution in [2.24, 2.45) is 0 Å². The minimum atomic E-state index is -1.07. The monoisotopic (exact) mass is 400 g/mol. The molecule has 1 aromatic carbocycles. The highest BCUT2D eigenvalue weighted by atomic mass is 28.3. The first kappa shape index (κ1) is 21.3. The molecule has 1 aliphatic heterocycles. The van der Waals surface area contributed by atoms with E-state index in [0.29, 0.717) is 6.73 Å². The molecule has 2 aromatic rings. The molecule has 1 saturated heterocycles. The number of hydrogen-bond acceptors (Lipinski definition) is 4. The summed E-state index contributed by atoms with van der Waals surface area (Å²) in [5.74, 6) is 0.911. The van der Waals surface area contributed by atoms with Gasteiger partial charge in [-0.3, -0.25) is 0 Å². The molecule has 5 nitrogen and oxygen atoms in total. The summed E-state index contributed by atoms with van der Waals surface area (Å²) < 4.78 is 20.2. The number of aromatic nitrogens is 2. The largest absolute Gasteiger partial charge is 0.494 e. The van der Waals surface area contributed by atoms with Gasteiger partial charge < -0.3 is 18.6 Å².